The fourth-order valence-corrected chi connectivity index (χ4v) is 4.18. The first-order valence-electron chi connectivity index (χ1n) is 10.8. The van der Waals surface area contributed by atoms with Gasteiger partial charge in [-0.05, 0) is 35.2 Å². The van der Waals surface area contributed by atoms with E-state index in [1.165, 1.54) is 24.1 Å². The minimum atomic E-state index is -0.455. The number of carbonyl (C=O) groups is 2. The lowest BCUT2D eigenvalue weighted by Crippen LogP contribution is -2.32. The first kappa shape index (κ1) is 21.4. The van der Waals surface area contributed by atoms with Gasteiger partial charge in [-0.2, -0.15) is 0 Å². The highest BCUT2D eigenvalue weighted by Crippen LogP contribution is 2.37. The van der Waals surface area contributed by atoms with E-state index in [-0.39, 0.29) is 23.6 Å². The molecular weight excluding hydrogens is 431 g/mol. The number of fused-ring (bicyclic) bond motifs is 1. The molecule has 5 rings (SSSR count). The van der Waals surface area contributed by atoms with E-state index in [1.54, 1.807) is 36.4 Å². The molecule has 1 N–H and O–H groups in total. The van der Waals surface area contributed by atoms with Crippen molar-refractivity contribution in [2.24, 2.45) is 0 Å². The molecule has 0 spiro atoms. The average molecular weight is 452 g/mol. The molecule has 0 radical (unpaired) electrons. The Morgan fingerprint density at radius 1 is 0.824 bits per heavy atom. The summed E-state index contributed by atoms with van der Waals surface area (Å²) in [7, 11) is 1.52. The standard InChI is InChI=1S/C28H21FN2O3/c1-34-24-12-5-4-10-22(24)25-26(30-23-11-6-8-19-7-2-3-9-21(19)23)28(33)31(27(25)32)17-18-13-15-20(29)16-14-18/h2-16,30H,17H2,1H3. The predicted molar refractivity (Wildman–Crippen MR) is 129 cm³/mol. The molecule has 168 valence electrons. The molecule has 0 fully saturated rings. The first-order chi connectivity index (χ1) is 16.6. The van der Waals surface area contributed by atoms with Gasteiger partial charge in [0.1, 0.15) is 17.3 Å². The quantitative estimate of drug-likeness (QED) is 0.399. The van der Waals surface area contributed by atoms with Gasteiger partial charge in [0, 0.05) is 16.6 Å². The number of ether oxygens (including phenoxy) is 1. The van der Waals surface area contributed by atoms with Crippen LogP contribution >= 0.6 is 0 Å². The van der Waals surface area contributed by atoms with Gasteiger partial charge in [-0.25, -0.2) is 4.39 Å². The van der Waals surface area contributed by atoms with Gasteiger partial charge in [-0.1, -0.05) is 66.7 Å². The zero-order chi connectivity index (χ0) is 23.7. The maximum atomic E-state index is 13.6. The van der Waals surface area contributed by atoms with Crippen LogP contribution in [0.5, 0.6) is 5.75 Å². The van der Waals surface area contributed by atoms with E-state index in [1.807, 2.05) is 42.5 Å². The Bertz CT molecular complexity index is 1440. The number of amides is 2. The molecule has 1 aliphatic heterocycles. The molecule has 0 unspecified atom stereocenters. The predicted octanol–water partition coefficient (Wildman–Crippen LogP) is 5.38. The van der Waals surface area contributed by atoms with E-state index in [9.17, 15) is 14.0 Å². The number of rotatable bonds is 6. The van der Waals surface area contributed by atoms with Gasteiger partial charge in [0.2, 0.25) is 0 Å². The SMILES string of the molecule is COc1ccccc1C1=C(Nc2cccc3ccccc23)C(=O)N(Cc2ccc(F)cc2)C1=O. The topological polar surface area (TPSA) is 58.6 Å². The Balaban J connectivity index is 1.62. The van der Waals surface area contributed by atoms with Crippen LogP contribution in [0.3, 0.4) is 0 Å². The fourth-order valence-electron chi connectivity index (χ4n) is 4.18. The van der Waals surface area contributed by atoms with Crippen molar-refractivity contribution in [3.8, 4) is 5.75 Å². The molecule has 4 aromatic rings. The van der Waals surface area contributed by atoms with Crippen molar-refractivity contribution in [2.45, 2.75) is 6.54 Å². The third kappa shape index (κ3) is 3.79. The summed E-state index contributed by atoms with van der Waals surface area (Å²) in [5.41, 5.74) is 2.29. The number of para-hydroxylation sites is 1. The molecule has 0 saturated heterocycles. The number of carbonyl (C=O) groups excluding carboxylic acids is 2. The van der Waals surface area contributed by atoms with Crippen LogP contribution in [0.15, 0.2) is 96.7 Å². The molecule has 5 nitrogen and oxygen atoms in total. The third-order valence-electron chi connectivity index (χ3n) is 5.85. The Hall–Kier alpha value is -4.45. The van der Waals surface area contributed by atoms with E-state index in [0.717, 1.165) is 10.8 Å². The van der Waals surface area contributed by atoms with Crippen LogP contribution in [-0.4, -0.2) is 23.8 Å². The van der Waals surface area contributed by atoms with E-state index >= 15 is 0 Å². The van der Waals surface area contributed by atoms with Crippen LogP contribution in [0.25, 0.3) is 16.3 Å². The summed E-state index contributed by atoms with van der Waals surface area (Å²) in [4.78, 5) is 28.3. The molecular formula is C28H21FN2O3. The lowest BCUT2D eigenvalue weighted by molar-refractivity contribution is -0.137. The van der Waals surface area contributed by atoms with Gasteiger partial charge in [0.05, 0.1) is 19.2 Å². The highest BCUT2D eigenvalue weighted by molar-refractivity contribution is 6.37. The Morgan fingerprint density at radius 2 is 1.53 bits per heavy atom. The molecule has 0 aromatic heterocycles. The highest BCUT2D eigenvalue weighted by atomic mass is 19.1. The molecule has 0 bridgehead atoms. The van der Waals surface area contributed by atoms with Gasteiger partial charge in [0.25, 0.3) is 11.8 Å². The van der Waals surface area contributed by atoms with Crippen molar-refractivity contribution in [1.29, 1.82) is 0 Å². The van der Waals surface area contributed by atoms with Crippen molar-refractivity contribution >= 4 is 33.8 Å². The van der Waals surface area contributed by atoms with E-state index < -0.39 is 11.8 Å². The number of nitrogens with one attached hydrogen (secondary N) is 1. The summed E-state index contributed by atoms with van der Waals surface area (Å²) >= 11 is 0. The van der Waals surface area contributed by atoms with Crippen LogP contribution in [0.4, 0.5) is 10.1 Å². The van der Waals surface area contributed by atoms with Gasteiger partial charge >= 0.3 is 0 Å². The minimum absolute atomic E-state index is 0.0251. The molecule has 34 heavy (non-hydrogen) atoms. The Labute approximate surface area is 196 Å². The second-order valence-corrected chi connectivity index (χ2v) is 7.92. The molecule has 0 atom stereocenters. The van der Waals surface area contributed by atoms with Crippen LogP contribution in [0.2, 0.25) is 0 Å². The number of imide groups is 1. The molecule has 6 heteroatoms. The molecule has 1 aliphatic rings. The van der Waals surface area contributed by atoms with Crippen LogP contribution in [0, 0.1) is 5.82 Å². The largest absolute Gasteiger partial charge is 0.496 e. The van der Waals surface area contributed by atoms with E-state index in [0.29, 0.717) is 22.6 Å². The minimum Gasteiger partial charge on any atom is -0.496 e. The first-order valence-corrected chi connectivity index (χ1v) is 10.8. The van der Waals surface area contributed by atoms with Gasteiger partial charge < -0.3 is 10.1 Å². The van der Waals surface area contributed by atoms with Crippen molar-refractivity contribution in [3.05, 3.63) is 114 Å². The number of anilines is 1. The van der Waals surface area contributed by atoms with Gasteiger partial charge in [-0.15, -0.1) is 0 Å². The number of benzene rings is 4. The summed E-state index contributed by atoms with van der Waals surface area (Å²) in [6.45, 7) is 0.0251. The van der Waals surface area contributed by atoms with E-state index in [4.69, 9.17) is 4.74 Å². The summed E-state index contributed by atoms with van der Waals surface area (Å²) in [6.07, 6.45) is 0. The zero-order valence-corrected chi connectivity index (χ0v) is 18.4. The van der Waals surface area contributed by atoms with Gasteiger partial charge in [0.15, 0.2) is 0 Å². The molecule has 2 amide bonds. The average Bonchev–Trinajstić information content (AvgIpc) is 3.09. The normalized spacial score (nSPS) is 13.6. The summed E-state index contributed by atoms with van der Waals surface area (Å²) in [5, 5.41) is 5.17. The molecule has 0 aliphatic carbocycles. The van der Waals surface area contributed by atoms with Crippen molar-refractivity contribution in [1.82, 2.24) is 4.90 Å². The summed E-state index contributed by atoms with van der Waals surface area (Å²) in [6, 6.07) is 26.4. The zero-order valence-electron chi connectivity index (χ0n) is 18.4. The Kier molecular flexibility index (Phi) is 5.55. The third-order valence-corrected chi connectivity index (χ3v) is 5.85. The second-order valence-electron chi connectivity index (χ2n) is 7.92. The van der Waals surface area contributed by atoms with E-state index in [2.05, 4.69) is 5.32 Å². The summed E-state index contributed by atoms with van der Waals surface area (Å²) in [5.74, 6) is -0.793. The van der Waals surface area contributed by atoms with Crippen LogP contribution in [0.1, 0.15) is 11.1 Å². The number of hydrogen-bond donors (Lipinski definition) is 1. The van der Waals surface area contributed by atoms with Crippen molar-refractivity contribution < 1.29 is 18.7 Å². The monoisotopic (exact) mass is 452 g/mol. The molecule has 0 saturated carbocycles. The van der Waals surface area contributed by atoms with Crippen LogP contribution < -0.4 is 10.1 Å². The maximum absolute atomic E-state index is 13.6. The molecule has 4 aromatic carbocycles. The smallest absolute Gasteiger partial charge is 0.278 e. The number of halogens is 1. The lowest BCUT2D eigenvalue weighted by atomic mass is 10.0. The summed E-state index contributed by atoms with van der Waals surface area (Å²) < 4.78 is 18.9. The lowest BCUT2D eigenvalue weighted by Gasteiger charge is -2.16. The van der Waals surface area contributed by atoms with Gasteiger partial charge in [-0.3, -0.25) is 14.5 Å². The molecule has 1 heterocycles. The van der Waals surface area contributed by atoms with Crippen molar-refractivity contribution in [3.63, 3.8) is 0 Å². The highest BCUT2D eigenvalue weighted by Gasteiger charge is 2.40. The van der Waals surface area contributed by atoms with Crippen molar-refractivity contribution in [2.75, 3.05) is 12.4 Å². The Morgan fingerprint density at radius 3 is 2.32 bits per heavy atom. The number of hydrogen-bond acceptors (Lipinski definition) is 4. The maximum Gasteiger partial charge on any atom is 0.278 e. The fraction of sp³-hybridized carbons (Fsp3) is 0.0714. The van der Waals surface area contributed by atoms with Crippen LogP contribution in [-0.2, 0) is 16.1 Å². The number of nitrogens with zero attached hydrogens (tertiary/aromatic N) is 1. The number of methoxy groups -OCH3 is 1. The second kappa shape index (κ2) is 8.83.